The van der Waals surface area contributed by atoms with E-state index in [0.29, 0.717) is 6.54 Å². The molecule has 0 aliphatic heterocycles. The summed E-state index contributed by atoms with van der Waals surface area (Å²) >= 11 is 3.45. The zero-order valence-corrected chi connectivity index (χ0v) is 9.95. The molecule has 1 aromatic heterocycles. The second kappa shape index (κ2) is 4.03. The smallest absolute Gasteiger partial charge is 0.220 e. The lowest BCUT2D eigenvalue weighted by Crippen LogP contribution is -1.93. The first-order chi connectivity index (χ1) is 7.22. The zero-order chi connectivity index (χ0) is 10.8. The third kappa shape index (κ3) is 1.88. The van der Waals surface area contributed by atoms with E-state index in [9.17, 15) is 0 Å². The molecule has 0 saturated heterocycles. The Kier molecular flexibility index (Phi) is 2.74. The first-order valence-electron chi connectivity index (χ1n) is 4.66. The van der Waals surface area contributed by atoms with Crippen molar-refractivity contribution in [2.75, 3.05) is 6.54 Å². The van der Waals surface area contributed by atoms with E-state index in [1.165, 1.54) is 0 Å². The summed E-state index contributed by atoms with van der Waals surface area (Å²) in [5, 5.41) is 5.56. The number of nitrogens with zero attached hydrogens (tertiary/aromatic N) is 3. The van der Waals surface area contributed by atoms with Gasteiger partial charge in [0.05, 0.1) is 17.6 Å². The van der Waals surface area contributed by atoms with Gasteiger partial charge in [-0.2, -0.15) is 5.10 Å². The number of aromatic nitrogens is 2. The predicted octanol–water partition coefficient (Wildman–Crippen LogP) is 2.80. The van der Waals surface area contributed by atoms with Gasteiger partial charge in [0, 0.05) is 16.9 Å². The lowest BCUT2D eigenvalue weighted by atomic mass is 10.2. The Balaban J connectivity index is 2.55. The van der Waals surface area contributed by atoms with Crippen LogP contribution < -0.4 is 0 Å². The molecule has 3 nitrogen and oxygen atoms in total. The lowest BCUT2D eigenvalue weighted by Gasteiger charge is -1.94. The van der Waals surface area contributed by atoms with Gasteiger partial charge in [0.25, 0.3) is 0 Å². The van der Waals surface area contributed by atoms with Gasteiger partial charge in [0.2, 0.25) is 6.54 Å². The molecule has 0 aliphatic rings. The number of rotatable bonds is 2. The second-order valence-electron chi connectivity index (χ2n) is 3.36. The fourth-order valence-electron chi connectivity index (χ4n) is 1.66. The number of benzene rings is 1. The van der Waals surface area contributed by atoms with Crippen molar-refractivity contribution in [2.45, 2.75) is 6.42 Å². The molecule has 2 aromatic rings. The van der Waals surface area contributed by atoms with E-state index >= 15 is 0 Å². The highest BCUT2D eigenvalue weighted by Crippen LogP contribution is 2.22. The monoisotopic (exact) mass is 263 g/mol. The molecule has 0 fully saturated rings. The number of hydrogen-bond acceptors (Lipinski definition) is 1. The second-order valence-corrected chi connectivity index (χ2v) is 4.28. The van der Waals surface area contributed by atoms with Gasteiger partial charge < -0.3 is 4.85 Å². The van der Waals surface area contributed by atoms with Crippen LogP contribution in [0.15, 0.2) is 22.7 Å². The molecular weight excluding hydrogens is 254 g/mol. The standard InChI is InChI=1S/C11H10BrN3/c1-13-6-5-10-9-7-8(12)3-4-11(9)15(2)14-10/h3-4,7H,5-6H2,2H3. The Morgan fingerprint density at radius 1 is 1.53 bits per heavy atom. The summed E-state index contributed by atoms with van der Waals surface area (Å²) in [6.07, 6.45) is 0.720. The van der Waals surface area contributed by atoms with Crippen LogP contribution in [0.25, 0.3) is 15.7 Å². The largest absolute Gasteiger partial charge is 0.317 e. The van der Waals surface area contributed by atoms with Gasteiger partial charge in [-0.25, -0.2) is 6.57 Å². The normalized spacial score (nSPS) is 10.5. The maximum absolute atomic E-state index is 6.79. The van der Waals surface area contributed by atoms with E-state index in [-0.39, 0.29) is 0 Å². The summed E-state index contributed by atoms with van der Waals surface area (Å²) in [6, 6.07) is 6.10. The molecule has 0 N–H and O–H groups in total. The molecule has 0 atom stereocenters. The molecule has 76 valence electrons. The quantitative estimate of drug-likeness (QED) is 0.764. The van der Waals surface area contributed by atoms with Crippen molar-refractivity contribution in [3.8, 4) is 0 Å². The van der Waals surface area contributed by atoms with Gasteiger partial charge in [0.1, 0.15) is 0 Å². The van der Waals surface area contributed by atoms with Crippen LogP contribution in [0.5, 0.6) is 0 Å². The van der Waals surface area contributed by atoms with Crippen LogP contribution in [-0.2, 0) is 13.5 Å². The topological polar surface area (TPSA) is 22.2 Å². The summed E-state index contributed by atoms with van der Waals surface area (Å²) in [6.45, 7) is 7.29. The van der Waals surface area contributed by atoms with Crippen LogP contribution in [0.1, 0.15) is 5.69 Å². The number of aryl methyl sites for hydroxylation is 1. The molecule has 15 heavy (non-hydrogen) atoms. The van der Waals surface area contributed by atoms with Crippen molar-refractivity contribution < 1.29 is 0 Å². The van der Waals surface area contributed by atoms with Gasteiger partial charge in [0.15, 0.2) is 0 Å². The number of hydrogen-bond donors (Lipinski definition) is 0. The van der Waals surface area contributed by atoms with E-state index in [0.717, 1.165) is 27.5 Å². The molecule has 1 heterocycles. The van der Waals surface area contributed by atoms with Crippen LogP contribution in [0.3, 0.4) is 0 Å². The third-order valence-corrected chi connectivity index (χ3v) is 2.84. The average Bonchev–Trinajstić information content (AvgIpc) is 2.52. The van der Waals surface area contributed by atoms with E-state index in [1.54, 1.807) is 0 Å². The van der Waals surface area contributed by atoms with Crippen LogP contribution in [0.2, 0.25) is 0 Å². The highest BCUT2D eigenvalue weighted by Gasteiger charge is 2.09. The van der Waals surface area contributed by atoms with E-state index in [1.807, 2.05) is 23.9 Å². The van der Waals surface area contributed by atoms with Crippen molar-refractivity contribution in [3.63, 3.8) is 0 Å². The van der Waals surface area contributed by atoms with E-state index < -0.39 is 0 Å². The van der Waals surface area contributed by atoms with Crippen molar-refractivity contribution in [1.29, 1.82) is 0 Å². The van der Waals surface area contributed by atoms with Gasteiger partial charge in [-0.15, -0.1) is 0 Å². The first kappa shape index (κ1) is 10.2. The summed E-state index contributed by atoms with van der Waals surface area (Å²) in [4.78, 5) is 3.36. The molecule has 0 radical (unpaired) electrons. The molecule has 4 heteroatoms. The minimum absolute atomic E-state index is 0.499. The molecule has 2 rings (SSSR count). The van der Waals surface area contributed by atoms with E-state index in [4.69, 9.17) is 6.57 Å². The fraction of sp³-hybridized carbons (Fsp3) is 0.273. The molecule has 1 aromatic carbocycles. The summed E-state index contributed by atoms with van der Waals surface area (Å²) in [5.74, 6) is 0. The Labute approximate surface area is 96.7 Å². The first-order valence-corrected chi connectivity index (χ1v) is 5.46. The maximum Gasteiger partial charge on any atom is 0.220 e. The fourth-order valence-corrected chi connectivity index (χ4v) is 2.02. The molecule has 0 amide bonds. The van der Waals surface area contributed by atoms with Gasteiger partial charge in [-0.3, -0.25) is 4.68 Å². The van der Waals surface area contributed by atoms with Gasteiger partial charge in [-0.05, 0) is 18.2 Å². The average molecular weight is 264 g/mol. The molecule has 0 bridgehead atoms. The summed E-state index contributed by atoms with van der Waals surface area (Å²) < 4.78 is 2.91. The lowest BCUT2D eigenvalue weighted by molar-refractivity contribution is 0.767. The van der Waals surface area contributed by atoms with E-state index in [2.05, 4.69) is 31.9 Å². The Morgan fingerprint density at radius 2 is 2.33 bits per heavy atom. The van der Waals surface area contributed by atoms with Crippen molar-refractivity contribution in [1.82, 2.24) is 9.78 Å². The molecular formula is C11H10BrN3. The third-order valence-electron chi connectivity index (χ3n) is 2.35. The Hall–Kier alpha value is -1.34. The van der Waals surface area contributed by atoms with Gasteiger partial charge in [-0.1, -0.05) is 15.9 Å². The van der Waals surface area contributed by atoms with Crippen LogP contribution >= 0.6 is 15.9 Å². The Bertz CT molecular complexity index is 536. The molecule has 0 aliphatic carbocycles. The SMILES string of the molecule is [C-]#[N+]CCc1nn(C)c2ccc(Br)cc12. The summed E-state index contributed by atoms with van der Waals surface area (Å²) in [5.41, 5.74) is 2.11. The van der Waals surface area contributed by atoms with Crippen molar-refractivity contribution in [2.24, 2.45) is 7.05 Å². The molecule has 0 saturated carbocycles. The number of halogens is 1. The van der Waals surface area contributed by atoms with Crippen LogP contribution in [-0.4, -0.2) is 16.3 Å². The van der Waals surface area contributed by atoms with Crippen LogP contribution in [0.4, 0.5) is 0 Å². The highest BCUT2D eigenvalue weighted by molar-refractivity contribution is 9.10. The Morgan fingerprint density at radius 3 is 3.07 bits per heavy atom. The molecule has 0 unspecified atom stereocenters. The van der Waals surface area contributed by atoms with Crippen molar-refractivity contribution >= 4 is 26.8 Å². The zero-order valence-electron chi connectivity index (χ0n) is 8.37. The maximum atomic E-state index is 6.79. The van der Waals surface area contributed by atoms with Crippen LogP contribution in [0, 0.1) is 6.57 Å². The minimum atomic E-state index is 0.499. The minimum Gasteiger partial charge on any atom is -0.317 e. The number of fused-ring (bicyclic) bond motifs is 1. The van der Waals surface area contributed by atoms with Crippen molar-refractivity contribution in [3.05, 3.63) is 39.8 Å². The molecule has 0 spiro atoms. The van der Waals surface area contributed by atoms with Gasteiger partial charge >= 0.3 is 0 Å². The predicted molar refractivity (Wildman–Crippen MR) is 63.6 cm³/mol. The summed E-state index contributed by atoms with van der Waals surface area (Å²) in [7, 11) is 1.93. The highest BCUT2D eigenvalue weighted by atomic mass is 79.9.